The van der Waals surface area contributed by atoms with Crippen molar-refractivity contribution in [1.29, 1.82) is 0 Å². The van der Waals surface area contributed by atoms with Crippen LogP contribution < -0.4 is 0 Å². The maximum atomic E-state index is 6.58. The molecule has 0 bridgehead atoms. The molecule has 2 aromatic carbocycles. The van der Waals surface area contributed by atoms with Crippen LogP contribution in [0.4, 0.5) is 0 Å². The van der Waals surface area contributed by atoms with Crippen LogP contribution >= 0.6 is 11.6 Å². The van der Waals surface area contributed by atoms with E-state index >= 15 is 0 Å². The van der Waals surface area contributed by atoms with E-state index in [1.165, 1.54) is 22.3 Å². The molecule has 0 aromatic heterocycles. The zero-order valence-electron chi connectivity index (χ0n) is 12.8. The van der Waals surface area contributed by atoms with Crippen molar-refractivity contribution in [3.63, 3.8) is 0 Å². The summed E-state index contributed by atoms with van der Waals surface area (Å²) in [6.07, 6.45) is 2.19. The largest absolute Gasteiger partial charge is 0.426 e. The Balaban J connectivity index is 2.52. The third-order valence-corrected chi connectivity index (χ3v) is 4.30. The molecular formula is C18H21ClOSi. The van der Waals surface area contributed by atoms with Crippen molar-refractivity contribution < 1.29 is 4.43 Å². The van der Waals surface area contributed by atoms with Crippen LogP contribution in [0.5, 0.6) is 0 Å². The van der Waals surface area contributed by atoms with Crippen LogP contribution in [0.25, 0.3) is 11.6 Å². The third kappa shape index (κ3) is 4.07. The average Bonchev–Trinajstić information content (AvgIpc) is 2.48. The van der Waals surface area contributed by atoms with Crippen LogP contribution in [-0.4, -0.2) is 22.5 Å². The van der Waals surface area contributed by atoms with Crippen molar-refractivity contribution in [2.45, 2.75) is 19.2 Å². The Morgan fingerprint density at radius 1 is 1.10 bits per heavy atom. The Hall–Kier alpha value is -1.35. The van der Waals surface area contributed by atoms with E-state index in [1.54, 1.807) is 0 Å². The fraction of sp³-hybridized carbons (Fsp3) is 0.222. The number of halogens is 1. The monoisotopic (exact) mass is 316 g/mol. The topological polar surface area (TPSA) is 9.23 Å². The summed E-state index contributed by atoms with van der Waals surface area (Å²) in [4.78, 5) is 0. The van der Waals surface area contributed by atoms with Gasteiger partial charge in [-0.15, -0.1) is 11.6 Å². The van der Waals surface area contributed by atoms with Gasteiger partial charge in [-0.25, -0.2) is 0 Å². The fourth-order valence-corrected chi connectivity index (χ4v) is 3.24. The van der Waals surface area contributed by atoms with Crippen molar-refractivity contribution in [2.24, 2.45) is 0 Å². The van der Waals surface area contributed by atoms with Gasteiger partial charge >= 0.3 is 0 Å². The molecule has 3 heteroatoms. The lowest BCUT2D eigenvalue weighted by molar-refractivity contribution is 0.363. The molecule has 0 amide bonds. The first-order valence-corrected chi connectivity index (χ1v) is 8.35. The van der Waals surface area contributed by atoms with Gasteiger partial charge in [0, 0.05) is 0 Å². The Bertz CT molecular complexity index is 637. The van der Waals surface area contributed by atoms with Gasteiger partial charge in [0.15, 0.2) is 0 Å². The smallest absolute Gasteiger partial charge is 0.146 e. The Labute approximate surface area is 135 Å². The SMILES string of the molecule is Cc1ccccc1C=C(c1ccccc1C)C(Cl)CO[SiH3]. The number of rotatable bonds is 5. The summed E-state index contributed by atoms with van der Waals surface area (Å²) in [5.41, 5.74) is 6.00. The fourth-order valence-electron chi connectivity index (χ4n) is 2.39. The van der Waals surface area contributed by atoms with Gasteiger partial charge in [0.1, 0.15) is 10.5 Å². The molecular weight excluding hydrogens is 296 g/mol. The highest BCUT2D eigenvalue weighted by Gasteiger charge is 2.15. The standard InChI is InChI=1S/C18H21ClOSi/c1-13-7-3-5-9-15(13)11-17(18(19)12-20-21)16-10-6-4-8-14(16)2/h3-11,18H,12H2,1-2,21H3. The molecule has 1 unspecified atom stereocenters. The van der Waals surface area contributed by atoms with Crippen molar-refractivity contribution >= 4 is 33.7 Å². The molecule has 0 fully saturated rings. The number of hydrogen-bond acceptors (Lipinski definition) is 1. The molecule has 0 N–H and O–H groups in total. The molecule has 2 aromatic rings. The van der Waals surface area contributed by atoms with Crippen LogP contribution in [0.2, 0.25) is 0 Å². The predicted octanol–water partition coefficient (Wildman–Crippen LogP) is 3.75. The second-order valence-electron chi connectivity index (χ2n) is 5.19. The molecule has 110 valence electrons. The second kappa shape index (κ2) is 7.60. The normalized spacial score (nSPS) is 13.4. The minimum Gasteiger partial charge on any atom is -0.426 e. The highest BCUT2D eigenvalue weighted by Crippen LogP contribution is 2.28. The third-order valence-electron chi connectivity index (χ3n) is 3.61. The summed E-state index contributed by atoms with van der Waals surface area (Å²) >= 11 is 6.58. The Morgan fingerprint density at radius 2 is 1.71 bits per heavy atom. The van der Waals surface area contributed by atoms with E-state index < -0.39 is 0 Å². The zero-order valence-corrected chi connectivity index (χ0v) is 15.5. The number of hydrogen-bond donors (Lipinski definition) is 0. The van der Waals surface area contributed by atoms with Gasteiger partial charge in [-0.2, -0.15) is 0 Å². The van der Waals surface area contributed by atoms with Gasteiger partial charge in [0.2, 0.25) is 0 Å². The number of aryl methyl sites for hydroxylation is 2. The van der Waals surface area contributed by atoms with E-state index in [2.05, 4.69) is 68.5 Å². The number of benzene rings is 2. The highest BCUT2D eigenvalue weighted by molar-refractivity contribution is 6.28. The number of alkyl halides is 1. The van der Waals surface area contributed by atoms with Crippen molar-refractivity contribution in [1.82, 2.24) is 0 Å². The first-order chi connectivity index (χ1) is 10.1. The molecule has 0 aliphatic rings. The van der Waals surface area contributed by atoms with Crippen LogP contribution in [0.15, 0.2) is 48.5 Å². The molecule has 0 radical (unpaired) electrons. The maximum absolute atomic E-state index is 6.58. The van der Waals surface area contributed by atoms with E-state index in [4.69, 9.17) is 16.0 Å². The highest BCUT2D eigenvalue weighted by atomic mass is 35.5. The quantitative estimate of drug-likeness (QED) is 0.464. The molecule has 0 saturated heterocycles. The lowest BCUT2D eigenvalue weighted by Gasteiger charge is -2.17. The first kappa shape index (κ1) is 16.0. The molecule has 0 heterocycles. The predicted molar refractivity (Wildman–Crippen MR) is 95.8 cm³/mol. The van der Waals surface area contributed by atoms with Gasteiger partial charge in [-0.05, 0) is 47.8 Å². The van der Waals surface area contributed by atoms with Gasteiger partial charge in [-0.1, -0.05) is 48.5 Å². The molecule has 1 nitrogen and oxygen atoms in total. The Morgan fingerprint density at radius 3 is 2.33 bits per heavy atom. The summed E-state index contributed by atoms with van der Waals surface area (Å²) in [6.45, 7) is 4.79. The van der Waals surface area contributed by atoms with Crippen molar-refractivity contribution in [3.05, 3.63) is 70.8 Å². The average molecular weight is 317 g/mol. The summed E-state index contributed by atoms with van der Waals surface area (Å²) < 4.78 is 5.38. The van der Waals surface area contributed by atoms with Crippen LogP contribution in [0.3, 0.4) is 0 Å². The molecule has 0 aliphatic carbocycles. The van der Waals surface area contributed by atoms with Crippen molar-refractivity contribution in [2.75, 3.05) is 6.61 Å². The van der Waals surface area contributed by atoms with E-state index in [0.717, 1.165) is 5.57 Å². The maximum Gasteiger partial charge on any atom is 0.146 e. The lowest BCUT2D eigenvalue weighted by atomic mass is 9.95. The molecule has 0 aliphatic heterocycles. The van der Waals surface area contributed by atoms with E-state index in [9.17, 15) is 0 Å². The van der Waals surface area contributed by atoms with Gasteiger partial charge in [0.05, 0.1) is 12.0 Å². The molecule has 2 rings (SSSR count). The van der Waals surface area contributed by atoms with Crippen LogP contribution in [-0.2, 0) is 4.43 Å². The van der Waals surface area contributed by atoms with Crippen LogP contribution in [0, 0.1) is 13.8 Å². The molecule has 0 spiro atoms. The van der Waals surface area contributed by atoms with Crippen molar-refractivity contribution in [3.8, 4) is 0 Å². The van der Waals surface area contributed by atoms with Crippen LogP contribution in [0.1, 0.15) is 22.3 Å². The minimum absolute atomic E-state index is 0.136. The first-order valence-electron chi connectivity index (χ1n) is 7.09. The zero-order chi connectivity index (χ0) is 15.2. The summed E-state index contributed by atoms with van der Waals surface area (Å²) in [6, 6.07) is 16.7. The van der Waals surface area contributed by atoms with E-state index in [1.807, 2.05) is 0 Å². The summed E-state index contributed by atoms with van der Waals surface area (Å²) in [5, 5.41) is -0.136. The molecule has 1 atom stereocenters. The summed E-state index contributed by atoms with van der Waals surface area (Å²) in [5.74, 6) is 0. The Kier molecular flexibility index (Phi) is 5.80. The van der Waals surface area contributed by atoms with Gasteiger partial charge in [-0.3, -0.25) is 0 Å². The summed E-state index contributed by atoms with van der Waals surface area (Å²) in [7, 11) is 0.703. The van der Waals surface area contributed by atoms with Gasteiger partial charge < -0.3 is 4.43 Å². The van der Waals surface area contributed by atoms with Gasteiger partial charge in [0.25, 0.3) is 0 Å². The second-order valence-corrected chi connectivity index (χ2v) is 6.30. The molecule has 0 saturated carbocycles. The van der Waals surface area contributed by atoms with E-state index in [0.29, 0.717) is 17.1 Å². The minimum atomic E-state index is -0.136. The molecule has 21 heavy (non-hydrogen) atoms. The van der Waals surface area contributed by atoms with E-state index in [-0.39, 0.29) is 5.38 Å². The lowest BCUT2D eigenvalue weighted by Crippen LogP contribution is -2.11.